The molecule has 1 heterocycles. The van der Waals surface area contributed by atoms with Crippen molar-refractivity contribution in [3.05, 3.63) is 83.9 Å². The second-order valence-corrected chi connectivity index (χ2v) is 7.10. The molecule has 7 heteroatoms. The highest BCUT2D eigenvalue weighted by Gasteiger charge is 2.14. The first-order valence-corrected chi connectivity index (χ1v) is 10.2. The number of amides is 1. The fourth-order valence-electron chi connectivity index (χ4n) is 3.52. The van der Waals surface area contributed by atoms with Crippen molar-refractivity contribution in [3.8, 4) is 28.5 Å². The highest BCUT2D eigenvalue weighted by Crippen LogP contribution is 2.37. The van der Waals surface area contributed by atoms with Crippen LogP contribution in [0.4, 0.5) is 0 Å². The molecule has 4 rings (SSSR count). The number of para-hydroxylation sites is 1. The lowest BCUT2D eigenvalue weighted by molar-refractivity contribution is 0.0956. The number of hydrogen-bond acceptors (Lipinski definition) is 6. The minimum Gasteiger partial charge on any atom is -0.493 e. The van der Waals surface area contributed by atoms with Crippen LogP contribution in [0.5, 0.6) is 17.2 Å². The SMILES string of the molecule is COc1cc(/C=N\NC(=O)c2cc(-c3ccccc3)nc3ccccc23)cc(OC)c1OC. The maximum absolute atomic E-state index is 13.1. The van der Waals surface area contributed by atoms with Gasteiger partial charge in [-0.3, -0.25) is 4.79 Å². The summed E-state index contributed by atoms with van der Waals surface area (Å²) in [5.41, 5.74) is 6.15. The monoisotopic (exact) mass is 441 g/mol. The largest absolute Gasteiger partial charge is 0.493 e. The van der Waals surface area contributed by atoms with Gasteiger partial charge < -0.3 is 14.2 Å². The Bertz CT molecular complexity index is 1290. The van der Waals surface area contributed by atoms with E-state index in [0.717, 1.165) is 16.5 Å². The fraction of sp³-hybridized carbons (Fsp3) is 0.115. The Balaban J connectivity index is 1.64. The average Bonchev–Trinajstić information content (AvgIpc) is 2.87. The van der Waals surface area contributed by atoms with Gasteiger partial charge in [0.2, 0.25) is 5.75 Å². The molecule has 7 nitrogen and oxygen atoms in total. The Hall–Kier alpha value is -4.39. The van der Waals surface area contributed by atoms with Crippen LogP contribution in [0, 0.1) is 0 Å². The summed E-state index contributed by atoms with van der Waals surface area (Å²) in [5, 5.41) is 4.88. The lowest BCUT2D eigenvalue weighted by Crippen LogP contribution is -2.18. The molecule has 166 valence electrons. The van der Waals surface area contributed by atoms with Crippen LogP contribution in [0.1, 0.15) is 15.9 Å². The van der Waals surface area contributed by atoms with E-state index in [9.17, 15) is 4.79 Å². The second-order valence-electron chi connectivity index (χ2n) is 7.10. The van der Waals surface area contributed by atoms with Gasteiger partial charge in [0, 0.05) is 16.5 Å². The van der Waals surface area contributed by atoms with Gasteiger partial charge in [-0.1, -0.05) is 48.5 Å². The molecule has 0 saturated heterocycles. The van der Waals surface area contributed by atoms with E-state index in [1.165, 1.54) is 13.3 Å². The third kappa shape index (κ3) is 4.62. The number of nitrogens with one attached hydrogen (secondary N) is 1. The molecule has 0 aliphatic rings. The molecule has 1 amide bonds. The van der Waals surface area contributed by atoms with Gasteiger partial charge in [-0.15, -0.1) is 0 Å². The highest BCUT2D eigenvalue weighted by atomic mass is 16.5. The van der Waals surface area contributed by atoms with Crippen molar-refractivity contribution < 1.29 is 19.0 Å². The molecule has 0 aliphatic heterocycles. The van der Waals surface area contributed by atoms with Crippen molar-refractivity contribution in [2.75, 3.05) is 21.3 Å². The number of fused-ring (bicyclic) bond motifs is 1. The van der Waals surface area contributed by atoms with Crippen LogP contribution in [0.15, 0.2) is 77.9 Å². The quantitative estimate of drug-likeness (QED) is 0.332. The van der Waals surface area contributed by atoms with Crippen molar-refractivity contribution >= 4 is 23.0 Å². The molecule has 0 saturated carbocycles. The summed E-state index contributed by atoms with van der Waals surface area (Å²) < 4.78 is 16.0. The topological polar surface area (TPSA) is 82.0 Å². The van der Waals surface area contributed by atoms with Crippen LogP contribution in [-0.2, 0) is 0 Å². The Morgan fingerprint density at radius 2 is 1.55 bits per heavy atom. The first-order valence-electron chi connectivity index (χ1n) is 10.2. The predicted octanol–water partition coefficient (Wildman–Crippen LogP) is 4.69. The number of carbonyl (C=O) groups is 1. The zero-order valence-electron chi connectivity index (χ0n) is 18.5. The zero-order valence-corrected chi connectivity index (χ0v) is 18.5. The predicted molar refractivity (Wildman–Crippen MR) is 128 cm³/mol. The number of methoxy groups -OCH3 is 3. The van der Waals surface area contributed by atoms with E-state index in [1.807, 2.05) is 54.6 Å². The molecule has 1 aromatic heterocycles. The molecule has 33 heavy (non-hydrogen) atoms. The van der Waals surface area contributed by atoms with Crippen LogP contribution in [0.25, 0.3) is 22.2 Å². The normalized spacial score (nSPS) is 10.9. The Kier molecular flexibility index (Phi) is 6.50. The Morgan fingerprint density at radius 3 is 2.21 bits per heavy atom. The maximum Gasteiger partial charge on any atom is 0.272 e. The molecular weight excluding hydrogens is 418 g/mol. The summed E-state index contributed by atoms with van der Waals surface area (Å²) >= 11 is 0. The molecule has 0 spiro atoms. The van der Waals surface area contributed by atoms with Gasteiger partial charge >= 0.3 is 0 Å². The van der Waals surface area contributed by atoms with Crippen molar-refractivity contribution in [1.82, 2.24) is 10.4 Å². The van der Waals surface area contributed by atoms with E-state index >= 15 is 0 Å². The van der Waals surface area contributed by atoms with Gasteiger partial charge in [-0.05, 0) is 24.3 Å². The maximum atomic E-state index is 13.1. The highest BCUT2D eigenvalue weighted by molar-refractivity contribution is 6.07. The van der Waals surface area contributed by atoms with E-state index in [4.69, 9.17) is 19.2 Å². The molecule has 0 fully saturated rings. The van der Waals surface area contributed by atoms with Gasteiger partial charge in [-0.2, -0.15) is 5.10 Å². The minimum atomic E-state index is -0.338. The summed E-state index contributed by atoms with van der Waals surface area (Å²) in [6.45, 7) is 0. The van der Waals surface area contributed by atoms with E-state index in [1.54, 1.807) is 32.4 Å². The molecule has 0 radical (unpaired) electrons. The number of aromatic nitrogens is 1. The number of hydrazone groups is 1. The van der Waals surface area contributed by atoms with Crippen molar-refractivity contribution in [2.45, 2.75) is 0 Å². The van der Waals surface area contributed by atoms with Crippen LogP contribution in [0.2, 0.25) is 0 Å². The number of rotatable bonds is 7. The first-order chi connectivity index (χ1) is 16.1. The lowest BCUT2D eigenvalue weighted by atomic mass is 10.0. The number of nitrogens with zero attached hydrogens (tertiary/aromatic N) is 2. The standard InChI is InChI=1S/C26H23N3O4/c1-31-23-13-17(14-24(32-2)25(23)33-3)16-27-29-26(30)20-15-22(18-9-5-4-6-10-18)28-21-12-8-7-11-19(20)21/h4-16H,1-3H3,(H,29,30)/b27-16-. The number of benzene rings is 3. The number of carbonyl (C=O) groups excluding carboxylic acids is 1. The van der Waals surface area contributed by atoms with E-state index in [0.29, 0.717) is 34.1 Å². The molecule has 0 unspecified atom stereocenters. The average molecular weight is 441 g/mol. The van der Waals surface area contributed by atoms with Crippen LogP contribution >= 0.6 is 0 Å². The molecular formula is C26H23N3O4. The van der Waals surface area contributed by atoms with Gasteiger partial charge in [0.05, 0.1) is 44.3 Å². The summed E-state index contributed by atoms with van der Waals surface area (Å²) in [6, 6.07) is 22.5. The van der Waals surface area contributed by atoms with Crippen molar-refractivity contribution in [2.24, 2.45) is 5.10 Å². The number of hydrogen-bond donors (Lipinski definition) is 1. The van der Waals surface area contributed by atoms with Gasteiger partial charge in [0.15, 0.2) is 11.5 Å². The van der Waals surface area contributed by atoms with Crippen LogP contribution < -0.4 is 19.6 Å². The molecule has 0 bridgehead atoms. The van der Waals surface area contributed by atoms with E-state index in [2.05, 4.69) is 10.5 Å². The first kappa shape index (κ1) is 21.8. The zero-order chi connectivity index (χ0) is 23.2. The number of pyridine rings is 1. The van der Waals surface area contributed by atoms with Crippen molar-refractivity contribution in [1.29, 1.82) is 0 Å². The summed E-state index contributed by atoms with van der Waals surface area (Å²) in [6.07, 6.45) is 1.52. The van der Waals surface area contributed by atoms with Crippen molar-refractivity contribution in [3.63, 3.8) is 0 Å². The lowest BCUT2D eigenvalue weighted by Gasteiger charge is -2.12. The van der Waals surface area contributed by atoms with Gasteiger partial charge in [-0.25, -0.2) is 10.4 Å². The van der Waals surface area contributed by atoms with E-state index < -0.39 is 0 Å². The molecule has 0 atom stereocenters. The summed E-state index contributed by atoms with van der Waals surface area (Å²) in [5.74, 6) is 1.14. The fourth-order valence-corrected chi connectivity index (χ4v) is 3.52. The summed E-state index contributed by atoms with van der Waals surface area (Å²) in [4.78, 5) is 17.8. The van der Waals surface area contributed by atoms with Crippen LogP contribution in [-0.4, -0.2) is 38.4 Å². The minimum absolute atomic E-state index is 0.338. The third-order valence-corrected chi connectivity index (χ3v) is 5.10. The van der Waals surface area contributed by atoms with Gasteiger partial charge in [0.25, 0.3) is 5.91 Å². The second kappa shape index (κ2) is 9.82. The van der Waals surface area contributed by atoms with E-state index in [-0.39, 0.29) is 5.91 Å². The smallest absolute Gasteiger partial charge is 0.272 e. The summed E-state index contributed by atoms with van der Waals surface area (Å²) in [7, 11) is 4.62. The van der Waals surface area contributed by atoms with Crippen LogP contribution in [0.3, 0.4) is 0 Å². The Morgan fingerprint density at radius 1 is 0.879 bits per heavy atom. The molecule has 0 aliphatic carbocycles. The third-order valence-electron chi connectivity index (χ3n) is 5.10. The number of ether oxygens (including phenoxy) is 3. The molecule has 3 aromatic carbocycles. The molecule has 4 aromatic rings. The Labute approximate surface area is 191 Å². The molecule has 1 N–H and O–H groups in total. The van der Waals surface area contributed by atoms with Gasteiger partial charge in [0.1, 0.15) is 0 Å².